The van der Waals surface area contributed by atoms with Crippen molar-refractivity contribution < 1.29 is 4.74 Å². The molecule has 0 radical (unpaired) electrons. The lowest BCUT2D eigenvalue weighted by molar-refractivity contribution is 0.183. The highest BCUT2D eigenvalue weighted by atomic mass is 35.5. The zero-order valence-corrected chi connectivity index (χ0v) is 10.1. The van der Waals surface area contributed by atoms with Crippen molar-refractivity contribution in [1.82, 2.24) is 0 Å². The smallest absolute Gasteiger partial charge is 0.139 e. The number of rotatable bonds is 2. The summed E-state index contributed by atoms with van der Waals surface area (Å²) in [6.07, 6.45) is 2.78. The molecular formula is C12H11Cl2NO. The second kappa shape index (κ2) is 4.95. The van der Waals surface area contributed by atoms with Crippen LogP contribution in [-0.2, 0) is 0 Å². The van der Waals surface area contributed by atoms with Crippen molar-refractivity contribution in [3.63, 3.8) is 0 Å². The molecule has 1 aromatic carbocycles. The van der Waals surface area contributed by atoms with Gasteiger partial charge < -0.3 is 4.74 Å². The van der Waals surface area contributed by atoms with Crippen LogP contribution in [-0.4, -0.2) is 6.10 Å². The molecule has 2 unspecified atom stereocenters. The number of halogens is 2. The molecule has 0 aliphatic heterocycles. The third-order valence-electron chi connectivity index (χ3n) is 2.81. The summed E-state index contributed by atoms with van der Waals surface area (Å²) in [5, 5.41) is 9.85. The van der Waals surface area contributed by atoms with Crippen LogP contribution in [0, 0.1) is 17.2 Å². The molecule has 2 nitrogen and oxygen atoms in total. The van der Waals surface area contributed by atoms with E-state index < -0.39 is 0 Å². The number of hydrogen-bond acceptors (Lipinski definition) is 2. The molecule has 1 fully saturated rings. The minimum Gasteiger partial charge on any atom is -0.487 e. The molecule has 4 heteroatoms. The lowest BCUT2D eigenvalue weighted by atomic mass is 10.1. The minimum atomic E-state index is -0.0547. The van der Waals surface area contributed by atoms with E-state index in [1.807, 2.05) is 0 Å². The standard InChI is InChI=1S/C12H11Cl2NO/c13-9-4-2-6-11(12(9)14)16-10-5-1-3-8(10)7-15/h2,4,6,8,10H,1,3,5H2. The van der Waals surface area contributed by atoms with E-state index in [4.69, 9.17) is 33.2 Å². The quantitative estimate of drug-likeness (QED) is 0.799. The third-order valence-corrected chi connectivity index (χ3v) is 3.61. The molecule has 0 N–H and O–H groups in total. The molecule has 0 aromatic heterocycles. The zero-order chi connectivity index (χ0) is 11.5. The Morgan fingerprint density at radius 2 is 2.12 bits per heavy atom. The number of hydrogen-bond donors (Lipinski definition) is 0. The molecule has 0 saturated heterocycles. The summed E-state index contributed by atoms with van der Waals surface area (Å²) in [5.41, 5.74) is 0. The van der Waals surface area contributed by atoms with E-state index in [1.54, 1.807) is 18.2 Å². The second-order valence-corrected chi connectivity index (χ2v) is 4.66. The van der Waals surface area contributed by atoms with E-state index in [1.165, 1.54) is 0 Å². The molecule has 1 saturated carbocycles. The van der Waals surface area contributed by atoms with Gasteiger partial charge in [0.2, 0.25) is 0 Å². The number of benzene rings is 1. The van der Waals surface area contributed by atoms with E-state index in [2.05, 4.69) is 6.07 Å². The Morgan fingerprint density at radius 3 is 2.88 bits per heavy atom. The predicted octanol–water partition coefficient (Wildman–Crippen LogP) is 4.06. The third kappa shape index (κ3) is 2.26. The van der Waals surface area contributed by atoms with Gasteiger partial charge in [-0.2, -0.15) is 5.26 Å². The van der Waals surface area contributed by atoms with Crippen molar-refractivity contribution in [1.29, 1.82) is 5.26 Å². The molecule has 1 aromatic rings. The van der Waals surface area contributed by atoms with Crippen LogP contribution < -0.4 is 4.74 Å². The first kappa shape index (κ1) is 11.6. The van der Waals surface area contributed by atoms with Crippen molar-refractivity contribution in [2.24, 2.45) is 5.92 Å². The average molecular weight is 256 g/mol. The van der Waals surface area contributed by atoms with Crippen LogP contribution in [0.5, 0.6) is 5.75 Å². The second-order valence-electron chi connectivity index (χ2n) is 3.87. The van der Waals surface area contributed by atoms with Crippen molar-refractivity contribution in [3.05, 3.63) is 28.2 Å². The molecule has 2 rings (SSSR count). The van der Waals surface area contributed by atoms with Crippen LogP contribution >= 0.6 is 23.2 Å². The van der Waals surface area contributed by atoms with Gasteiger partial charge in [-0.25, -0.2) is 0 Å². The Hall–Kier alpha value is -0.910. The van der Waals surface area contributed by atoms with Crippen LogP contribution in [0.2, 0.25) is 10.0 Å². The Kier molecular flexibility index (Phi) is 3.58. The normalized spacial score (nSPS) is 24.1. The first-order valence-electron chi connectivity index (χ1n) is 5.22. The summed E-state index contributed by atoms with van der Waals surface area (Å²) in [6.45, 7) is 0. The monoisotopic (exact) mass is 255 g/mol. The highest BCUT2D eigenvalue weighted by Crippen LogP contribution is 2.35. The fourth-order valence-corrected chi connectivity index (χ4v) is 2.29. The molecule has 1 aliphatic carbocycles. The van der Waals surface area contributed by atoms with Crippen LogP contribution in [0.4, 0.5) is 0 Å². The molecule has 0 amide bonds. The fraction of sp³-hybridized carbons (Fsp3) is 0.417. The maximum atomic E-state index is 8.95. The van der Waals surface area contributed by atoms with E-state index >= 15 is 0 Å². The molecule has 0 spiro atoms. The van der Waals surface area contributed by atoms with Gasteiger partial charge in [-0.1, -0.05) is 29.3 Å². The first-order valence-corrected chi connectivity index (χ1v) is 5.98. The van der Waals surface area contributed by atoms with Gasteiger partial charge in [0.1, 0.15) is 16.9 Å². The summed E-state index contributed by atoms with van der Waals surface area (Å²) in [7, 11) is 0. The van der Waals surface area contributed by atoms with Gasteiger partial charge in [0, 0.05) is 0 Å². The van der Waals surface area contributed by atoms with E-state index in [-0.39, 0.29) is 12.0 Å². The molecular weight excluding hydrogens is 245 g/mol. The van der Waals surface area contributed by atoms with Gasteiger partial charge >= 0.3 is 0 Å². The summed E-state index contributed by atoms with van der Waals surface area (Å²) in [6, 6.07) is 7.55. The van der Waals surface area contributed by atoms with Gasteiger partial charge in [0.15, 0.2) is 0 Å². The van der Waals surface area contributed by atoms with Crippen LogP contribution in [0.1, 0.15) is 19.3 Å². The molecule has 2 atom stereocenters. The number of ether oxygens (including phenoxy) is 1. The molecule has 1 aliphatic rings. The van der Waals surface area contributed by atoms with Gasteiger partial charge in [0.05, 0.1) is 17.0 Å². The lowest BCUT2D eigenvalue weighted by Gasteiger charge is -2.17. The Labute approximate surface area is 105 Å². The molecule has 84 valence electrons. The molecule has 0 bridgehead atoms. The summed E-state index contributed by atoms with van der Waals surface area (Å²) in [4.78, 5) is 0. The van der Waals surface area contributed by atoms with Crippen LogP contribution in [0.15, 0.2) is 18.2 Å². The minimum absolute atomic E-state index is 0.0324. The number of nitrogens with zero attached hydrogens (tertiary/aromatic N) is 1. The van der Waals surface area contributed by atoms with Crippen LogP contribution in [0.3, 0.4) is 0 Å². The van der Waals surface area contributed by atoms with Gasteiger partial charge in [-0.05, 0) is 31.4 Å². The summed E-state index contributed by atoms with van der Waals surface area (Å²) >= 11 is 11.9. The van der Waals surface area contributed by atoms with E-state index in [0.29, 0.717) is 15.8 Å². The fourth-order valence-electron chi connectivity index (χ4n) is 1.95. The molecule has 16 heavy (non-hydrogen) atoms. The topological polar surface area (TPSA) is 33.0 Å². The summed E-state index contributed by atoms with van der Waals surface area (Å²) < 4.78 is 5.75. The Morgan fingerprint density at radius 1 is 1.31 bits per heavy atom. The summed E-state index contributed by atoms with van der Waals surface area (Å²) in [5.74, 6) is 0.538. The van der Waals surface area contributed by atoms with Crippen LogP contribution in [0.25, 0.3) is 0 Å². The predicted molar refractivity (Wildman–Crippen MR) is 63.8 cm³/mol. The van der Waals surface area contributed by atoms with E-state index in [0.717, 1.165) is 19.3 Å². The van der Waals surface area contributed by atoms with Gasteiger partial charge in [-0.3, -0.25) is 0 Å². The maximum absolute atomic E-state index is 8.95. The number of nitriles is 1. The maximum Gasteiger partial charge on any atom is 0.139 e. The largest absolute Gasteiger partial charge is 0.487 e. The molecule has 0 heterocycles. The van der Waals surface area contributed by atoms with Gasteiger partial charge in [-0.15, -0.1) is 0 Å². The Balaban J connectivity index is 2.15. The highest BCUT2D eigenvalue weighted by molar-refractivity contribution is 6.42. The van der Waals surface area contributed by atoms with Crippen molar-refractivity contribution in [3.8, 4) is 11.8 Å². The van der Waals surface area contributed by atoms with E-state index in [9.17, 15) is 0 Å². The van der Waals surface area contributed by atoms with Crippen molar-refractivity contribution in [2.75, 3.05) is 0 Å². The zero-order valence-electron chi connectivity index (χ0n) is 8.62. The van der Waals surface area contributed by atoms with Crippen molar-refractivity contribution in [2.45, 2.75) is 25.4 Å². The Bertz CT molecular complexity index is 428. The van der Waals surface area contributed by atoms with Gasteiger partial charge in [0.25, 0.3) is 0 Å². The lowest BCUT2D eigenvalue weighted by Crippen LogP contribution is -2.20. The SMILES string of the molecule is N#CC1CCCC1Oc1cccc(Cl)c1Cl. The first-order chi connectivity index (χ1) is 7.72. The highest BCUT2D eigenvalue weighted by Gasteiger charge is 2.29. The van der Waals surface area contributed by atoms with Crippen molar-refractivity contribution >= 4 is 23.2 Å². The average Bonchev–Trinajstić information content (AvgIpc) is 2.72.